The molecule has 0 saturated heterocycles. The number of Topliss-reactive ketones (excluding diaryl/α,β-unsaturated/α-hetero) is 1. The first-order chi connectivity index (χ1) is 10.3. The highest BCUT2D eigenvalue weighted by Crippen LogP contribution is 2.69. The van der Waals surface area contributed by atoms with Gasteiger partial charge in [-0.1, -0.05) is 58.5 Å². The van der Waals surface area contributed by atoms with Crippen molar-refractivity contribution in [2.45, 2.75) is 80.8 Å². The van der Waals surface area contributed by atoms with E-state index in [1.165, 1.54) is 51.4 Å². The van der Waals surface area contributed by atoms with Crippen LogP contribution in [0.1, 0.15) is 71.6 Å². The summed E-state index contributed by atoms with van der Waals surface area (Å²) < 4.78 is -0.261. The maximum absolute atomic E-state index is 13.1. The van der Waals surface area contributed by atoms with Crippen molar-refractivity contribution in [1.82, 2.24) is 0 Å². The molecule has 4 aliphatic rings. The number of carbonyl (C=O) groups is 1. The van der Waals surface area contributed by atoms with Crippen LogP contribution in [-0.2, 0) is 4.79 Å². The van der Waals surface area contributed by atoms with E-state index in [9.17, 15) is 4.79 Å². The van der Waals surface area contributed by atoms with Gasteiger partial charge in [0.1, 0.15) is 0 Å². The normalized spacial score (nSPS) is 57.9. The second-order valence-electron chi connectivity index (χ2n) is 9.09. The summed E-state index contributed by atoms with van der Waals surface area (Å²) in [6.45, 7) is 4.93. The van der Waals surface area contributed by atoms with E-state index in [2.05, 4.69) is 45.7 Å². The minimum absolute atomic E-state index is 0.0625. The van der Waals surface area contributed by atoms with E-state index in [4.69, 9.17) is 0 Å². The molecule has 22 heavy (non-hydrogen) atoms. The molecule has 0 heterocycles. The lowest BCUT2D eigenvalue weighted by molar-refractivity contribution is -0.131. The summed E-state index contributed by atoms with van der Waals surface area (Å²) in [4.78, 5) is 13.2. The number of ketones is 1. The number of rotatable bonds is 0. The number of halogens is 2. The van der Waals surface area contributed by atoms with Crippen LogP contribution in [0.4, 0.5) is 0 Å². The summed E-state index contributed by atoms with van der Waals surface area (Å²) in [6, 6.07) is 0. The molecule has 0 amide bonds. The lowest BCUT2D eigenvalue weighted by atomic mass is 9.45. The van der Waals surface area contributed by atoms with E-state index < -0.39 is 0 Å². The van der Waals surface area contributed by atoms with Crippen LogP contribution in [0.3, 0.4) is 0 Å². The quantitative estimate of drug-likeness (QED) is 0.437. The minimum atomic E-state index is -0.261. The molecular weight excluding hydrogens is 404 g/mol. The number of carbonyl (C=O) groups excluding carboxylic acids is 1. The van der Waals surface area contributed by atoms with E-state index in [-0.39, 0.29) is 14.6 Å². The van der Waals surface area contributed by atoms with Gasteiger partial charge in [0.2, 0.25) is 0 Å². The molecule has 0 aliphatic heterocycles. The predicted octanol–water partition coefficient (Wildman–Crippen LogP) is 5.88. The fraction of sp³-hybridized carbons (Fsp3) is 0.947. The van der Waals surface area contributed by atoms with Crippen molar-refractivity contribution >= 4 is 37.6 Å². The van der Waals surface area contributed by atoms with E-state index in [1.807, 2.05) is 0 Å². The van der Waals surface area contributed by atoms with Crippen LogP contribution in [-0.4, -0.2) is 14.9 Å². The molecule has 4 fully saturated rings. The Bertz CT molecular complexity index is 506. The Labute approximate surface area is 151 Å². The largest absolute Gasteiger partial charge is 0.297 e. The SMILES string of the molecule is CC12CCCCC1CCC1C2CCC2(C)CC(Br)C(=O)C12Br. The molecule has 1 nitrogen and oxygen atoms in total. The third kappa shape index (κ3) is 1.85. The van der Waals surface area contributed by atoms with Gasteiger partial charge in [0.15, 0.2) is 5.78 Å². The Morgan fingerprint density at radius 2 is 1.77 bits per heavy atom. The van der Waals surface area contributed by atoms with Gasteiger partial charge in [0, 0.05) is 0 Å². The summed E-state index contributed by atoms with van der Waals surface area (Å²) in [7, 11) is 0. The molecule has 0 bridgehead atoms. The van der Waals surface area contributed by atoms with Crippen molar-refractivity contribution in [3.8, 4) is 0 Å². The van der Waals surface area contributed by atoms with Crippen LogP contribution in [0.2, 0.25) is 0 Å². The molecule has 124 valence electrons. The maximum atomic E-state index is 13.1. The first kappa shape index (κ1) is 16.1. The zero-order valence-electron chi connectivity index (χ0n) is 13.8. The van der Waals surface area contributed by atoms with Crippen LogP contribution < -0.4 is 0 Å². The molecule has 0 aromatic rings. The van der Waals surface area contributed by atoms with E-state index in [1.54, 1.807) is 0 Å². The zero-order chi connectivity index (χ0) is 15.8. The zero-order valence-corrected chi connectivity index (χ0v) is 17.0. The van der Waals surface area contributed by atoms with Gasteiger partial charge in [-0.25, -0.2) is 0 Å². The summed E-state index contributed by atoms with van der Waals surface area (Å²) in [5, 5.41) is 0. The van der Waals surface area contributed by atoms with Gasteiger partial charge in [0.25, 0.3) is 0 Å². The van der Waals surface area contributed by atoms with Gasteiger partial charge < -0.3 is 0 Å². The Morgan fingerprint density at radius 3 is 2.55 bits per heavy atom. The van der Waals surface area contributed by atoms with Crippen molar-refractivity contribution < 1.29 is 4.79 Å². The summed E-state index contributed by atoms with van der Waals surface area (Å²) in [6.07, 6.45) is 11.8. The molecule has 3 heteroatoms. The third-order valence-electron chi connectivity index (χ3n) is 8.28. The molecule has 0 radical (unpaired) electrons. The minimum Gasteiger partial charge on any atom is -0.297 e. The Balaban J connectivity index is 1.75. The fourth-order valence-electron chi connectivity index (χ4n) is 6.99. The molecule has 7 unspecified atom stereocenters. The van der Waals surface area contributed by atoms with Crippen LogP contribution in [0, 0.1) is 28.6 Å². The lowest BCUT2D eigenvalue weighted by Gasteiger charge is -2.62. The van der Waals surface area contributed by atoms with Gasteiger partial charge in [-0.15, -0.1) is 0 Å². The Morgan fingerprint density at radius 1 is 1.00 bits per heavy atom. The highest BCUT2D eigenvalue weighted by molar-refractivity contribution is 9.11. The Kier molecular flexibility index (Phi) is 3.71. The molecule has 0 aromatic carbocycles. The van der Waals surface area contributed by atoms with Gasteiger partial charge >= 0.3 is 0 Å². The van der Waals surface area contributed by atoms with Gasteiger partial charge in [-0.3, -0.25) is 4.79 Å². The third-order valence-corrected chi connectivity index (χ3v) is 11.0. The molecular formula is C19H28Br2O. The van der Waals surface area contributed by atoms with E-state index >= 15 is 0 Å². The average Bonchev–Trinajstić information content (AvgIpc) is 2.66. The van der Waals surface area contributed by atoms with Crippen molar-refractivity contribution in [3.05, 3.63) is 0 Å². The first-order valence-electron chi connectivity index (χ1n) is 9.20. The van der Waals surface area contributed by atoms with Crippen LogP contribution in [0.25, 0.3) is 0 Å². The molecule has 7 atom stereocenters. The predicted molar refractivity (Wildman–Crippen MR) is 97.6 cm³/mol. The lowest BCUT2D eigenvalue weighted by Crippen LogP contribution is -2.60. The van der Waals surface area contributed by atoms with Crippen LogP contribution in [0.5, 0.6) is 0 Å². The van der Waals surface area contributed by atoms with Gasteiger partial charge in [0.05, 0.1) is 9.15 Å². The van der Waals surface area contributed by atoms with Gasteiger partial charge in [-0.05, 0) is 73.5 Å². The fourth-order valence-corrected chi connectivity index (χ4v) is 9.56. The Hall–Kier alpha value is 0.630. The standard InChI is InChI=1S/C19H28Br2O/c1-17-10-8-13-14(19(17,21)16(22)15(20)11-17)7-6-12-5-3-4-9-18(12,13)2/h12-15H,3-11H2,1-2H3. The second-order valence-corrected chi connectivity index (χ2v) is 11.4. The highest BCUT2D eigenvalue weighted by Gasteiger charge is 2.69. The summed E-state index contributed by atoms with van der Waals surface area (Å²) >= 11 is 7.77. The van der Waals surface area contributed by atoms with Gasteiger partial charge in [-0.2, -0.15) is 0 Å². The topological polar surface area (TPSA) is 17.1 Å². The molecule has 0 spiro atoms. The van der Waals surface area contributed by atoms with Crippen molar-refractivity contribution in [2.24, 2.45) is 28.6 Å². The molecule has 4 rings (SSSR count). The second kappa shape index (κ2) is 5.07. The van der Waals surface area contributed by atoms with E-state index in [0.29, 0.717) is 17.1 Å². The van der Waals surface area contributed by atoms with E-state index in [0.717, 1.165) is 18.3 Å². The molecule has 0 aromatic heterocycles. The summed E-state index contributed by atoms with van der Waals surface area (Å²) in [5.41, 5.74) is 0.644. The smallest absolute Gasteiger partial charge is 0.163 e. The van der Waals surface area contributed by atoms with Crippen molar-refractivity contribution in [1.29, 1.82) is 0 Å². The molecule has 0 N–H and O–H groups in total. The van der Waals surface area contributed by atoms with Crippen molar-refractivity contribution in [3.63, 3.8) is 0 Å². The molecule has 4 saturated carbocycles. The number of hydrogen-bond donors (Lipinski definition) is 0. The van der Waals surface area contributed by atoms with Crippen LogP contribution >= 0.6 is 31.9 Å². The first-order valence-corrected chi connectivity index (χ1v) is 10.9. The summed E-state index contributed by atoms with van der Waals surface area (Å²) in [5.74, 6) is 2.67. The monoisotopic (exact) mass is 430 g/mol. The van der Waals surface area contributed by atoms with Crippen LogP contribution in [0.15, 0.2) is 0 Å². The molecule has 4 aliphatic carbocycles. The number of alkyl halides is 2. The number of fused-ring (bicyclic) bond motifs is 5. The average molecular weight is 432 g/mol. The highest BCUT2D eigenvalue weighted by atomic mass is 79.9. The maximum Gasteiger partial charge on any atom is 0.163 e. The van der Waals surface area contributed by atoms with Crippen molar-refractivity contribution in [2.75, 3.05) is 0 Å². The number of hydrogen-bond acceptors (Lipinski definition) is 1.